The Morgan fingerprint density at radius 3 is 2.36 bits per heavy atom. The van der Waals surface area contributed by atoms with Gasteiger partial charge in [0.05, 0.1) is 19.8 Å². The molecular formula is C32H40NO10P. The summed E-state index contributed by atoms with van der Waals surface area (Å²) >= 11 is 0. The number of phosphoric ester groups is 1. The number of nitrogens with two attached hydrogens (primary N) is 1. The van der Waals surface area contributed by atoms with E-state index in [1.165, 1.54) is 5.56 Å². The summed E-state index contributed by atoms with van der Waals surface area (Å²) < 4.78 is 38.3. The van der Waals surface area contributed by atoms with Crippen molar-refractivity contribution in [3.63, 3.8) is 0 Å². The molecule has 3 aromatic rings. The largest absolute Gasteiger partial charge is 0.489 e. The lowest BCUT2D eigenvalue weighted by Gasteiger charge is -2.19. The Bertz CT molecular complexity index is 1420. The van der Waals surface area contributed by atoms with Crippen molar-refractivity contribution in [2.45, 2.75) is 58.1 Å². The van der Waals surface area contributed by atoms with Gasteiger partial charge in [0.15, 0.2) is 0 Å². The van der Waals surface area contributed by atoms with Gasteiger partial charge in [-0.15, -0.1) is 0 Å². The zero-order chi connectivity index (χ0) is 32.2. The second kappa shape index (κ2) is 16.4. The van der Waals surface area contributed by atoms with Crippen molar-refractivity contribution >= 4 is 19.8 Å². The minimum Gasteiger partial charge on any atom is -0.489 e. The number of esters is 1. The maximum absolute atomic E-state index is 12.2. The van der Waals surface area contributed by atoms with Gasteiger partial charge in [-0.05, 0) is 58.9 Å². The molecule has 0 aliphatic rings. The molecule has 3 aromatic carbocycles. The molecule has 0 aliphatic carbocycles. The number of aryl methyl sites for hydroxylation is 1. The molecule has 12 heteroatoms. The molecule has 0 aromatic heterocycles. The van der Waals surface area contributed by atoms with E-state index in [1.54, 1.807) is 0 Å². The number of benzene rings is 3. The molecule has 0 radical (unpaired) electrons. The van der Waals surface area contributed by atoms with E-state index in [1.807, 2.05) is 60.7 Å². The molecule has 11 nitrogen and oxygen atoms in total. The number of carbonyl (C=O) groups excluding carboxylic acids is 1. The van der Waals surface area contributed by atoms with Gasteiger partial charge in [0.25, 0.3) is 0 Å². The lowest BCUT2D eigenvalue weighted by Crippen LogP contribution is -2.34. The third-order valence-electron chi connectivity index (χ3n) is 6.36. The molecule has 0 fully saturated rings. The number of hydrogen-bond acceptors (Lipinski definition) is 9. The highest BCUT2D eigenvalue weighted by Gasteiger charge is 2.24. The number of phosphoric acid groups is 1. The predicted octanol–water partition coefficient (Wildman–Crippen LogP) is 5.77. The average molecular weight is 630 g/mol. The Hall–Kier alpha value is -3.73. The van der Waals surface area contributed by atoms with E-state index in [4.69, 9.17) is 29.6 Å². The quantitative estimate of drug-likeness (QED) is 0.0944. The maximum Gasteiger partial charge on any atom is 0.472 e. The fourth-order valence-corrected chi connectivity index (χ4v) is 4.67. The molecule has 0 amide bonds. The van der Waals surface area contributed by atoms with Crippen molar-refractivity contribution in [2.75, 3.05) is 19.8 Å². The van der Waals surface area contributed by atoms with Crippen molar-refractivity contribution in [1.82, 2.24) is 0 Å². The van der Waals surface area contributed by atoms with Crippen LogP contribution < -0.4 is 15.2 Å². The Balaban J connectivity index is 1.41. The fraction of sp³-hybridized carbons (Fsp3) is 0.375. The van der Waals surface area contributed by atoms with Crippen LogP contribution in [0.4, 0.5) is 0 Å². The van der Waals surface area contributed by atoms with Crippen LogP contribution in [-0.2, 0) is 46.4 Å². The Labute approximate surface area is 257 Å². The normalized spacial score (nSPS) is 13.5. The molecule has 0 saturated carbocycles. The molecule has 0 spiro atoms. The molecule has 2 atom stereocenters. The van der Waals surface area contributed by atoms with Gasteiger partial charge in [0.2, 0.25) is 0 Å². The third-order valence-corrected chi connectivity index (χ3v) is 7.34. The second-order valence-corrected chi connectivity index (χ2v) is 12.5. The van der Waals surface area contributed by atoms with Gasteiger partial charge in [-0.2, -0.15) is 0 Å². The van der Waals surface area contributed by atoms with E-state index < -0.39 is 32.4 Å². The Morgan fingerprint density at radius 2 is 1.66 bits per heavy atom. The van der Waals surface area contributed by atoms with Crippen LogP contribution in [0.15, 0.2) is 72.8 Å². The van der Waals surface area contributed by atoms with Crippen LogP contribution in [0.5, 0.6) is 17.2 Å². The minimum atomic E-state index is -4.47. The predicted molar refractivity (Wildman–Crippen MR) is 164 cm³/mol. The van der Waals surface area contributed by atoms with Crippen LogP contribution in [0.25, 0.3) is 0 Å². The smallest absolute Gasteiger partial charge is 0.472 e. The van der Waals surface area contributed by atoms with Gasteiger partial charge in [0.1, 0.15) is 29.9 Å². The highest BCUT2D eigenvalue weighted by atomic mass is 31.2. The minimum absolute atomic E-state index is 0.0369. The van der Waals surface area contributed by atoms with Crippen LogP contribution in [0.2, 0.25) is 0 Å². The van der Waals surface area contributed by atoms with Gasteiger partial charge in [0, 0.05) is 12.8 Å². The average Bonchev–Trinajstić information content (AvgIpc) is 2.98. The number of carboxylic acids is 1. The van der Waals surface area contributed by atoms with Crippen molar-refractivity contribution in [2.24, 2.45) is 5.73 Å². The molecule has 0 aliphatic heterocycles. The molecule has 44 heavy (non-hydrogen) atoms. The summed E-state index contributed by atoms with van der Waals surface area (Å²) in [4.78, 5) is 32.4. The molecule has 238 valence electrons. The van der Waals surface area contributed by atoms with Gasteiger partial charge in [-0.25, -0.2) is 4.57 Å². The number of ether oxygens (including phenoxy) is 3. The summed E-state index contributed by atoms with van der Waals surface area (Å²) in [5.41, 5.74) is 8.28. The zero-order valence-corrected chi connectivity index (χ0v) is 26.0. The number of rotatable bonds is 17. The van der Waals surface area contributed by atoms with Crippen molar-refractivity contribution in [3.05, 3.63) is 89.5 Å². The standard InChI is InChI=1S/C32H40NO10P/c1-32(2,3)25-13-15-26(16-14-25)43-27-10-6-8-23(20-27)21-40-29-11-5-4-9-24(29)12-17-30(34)39-18-7-19-41-44(37,38)42-22-28(33)31(35)36/h4-6,8-11,13-16,20,28H,7,12,17-19,21-22,33H2,1-3H3,(H,35,36)(H,37,38)/t28-/m0/s1. The molecule has 4 N–H and O–H groups in total. The Kier molecular flexibility index (Phi) is 12.9. The first-order chi connectivity index (χ1) is 20.8. The van der Waals surface area contributed by atoms with E-state index in [0.29, 0.717) is 24.5 Å². The summed E-state index contributed by atoms with van der Waals surface area (Å²) in [5, 5.41) is 8.68. The van der Waals surface area contributed by atoms with Crippen molar-refractivity contribution in [3.8, 4) is 17.2 Å². The first kappa shape index (κ1) is 34.8. The van der Waals surface area contributed by atoms with Gasteiger partial charge in [-0.1, -0.05) is 63.2 Å². The van der Waals surface area contributed by atoms with E-state index in [0.717, 1.165) is 16.9 Å². The first-order valence-corrected chi connectivity index (χ1v) is 15.7. The van der Waals surface area contributed by atoms with Crippen LogP contribution in [-0.4, -0.2) is 47.8 Å². The van der Waals surface area contributed by atoms with Gasteiger partial charge < -0.3 is 29.9 Å². The molecular weight excluding hydrogens is 589 g/mol. The molecule has 0 saturated heterocycles. The van der Waals surface area contributed by atoms with Crippen LogP contribution in [0.1, 0.15) is 50.3 Å². The van der Waals surface area contributed by atoms with E-state index >= 15 is 0 Å². The van der Waals surface area contributed by atoms with Crippen LogP contribution in [0, 0.1) is 0 Å². The van der Waals surface area contributed by atoms with Gasteiger partial charge >= 0.3 is 19.8 Å². The number of carbonyl (C=O) groups is 2. The summed E-state index contributed by atoms with van der Waals surface area (Å²) in [6, 6.07) is 21.7. The number of carboxylic acid groups (broad SMARTS) is 1. The summed E-state index contributed by atoms with van der Waals surface area (Å²) in [6.07, 6.45) is 0.630. The first-order valence-electron chi connectivity index (χ1n) is 14.2. The van der Waals surface area contributed by atoms with Crippen molar-refractivity contribution in [1.29, 1.82) is 0 Å². The van der Waals surface area contributed by atoms with E-state index in [9.17, 15) is 19.0 Å². The molecule has 3 rings (SSSR count). The van der Waals surface area contributed by atoms with Gasteiger partial charge in [-0.3, -0.25) is 18.6 Å². The van der Waals surface area contributed by atoms with Crippen molar-refractivity contribution < 1.29 is 47.4 Å². The number of aliphatic carboxylic acids is 1. The maximum atomic E-state index is 12.2. The van der Waals surface area contributed by atoms with Crippen LogP contribution >= 0.6 is 7.82 Å². The molecule has 0 heterocycles. The van der Waals surface area contributed by atoms with E-state index in [2.05, 4.69) is 37.4 Å². The topological polar surface area (TPSA) is 164 Å². The highest BCUT2D eigenvalue weighted by Crippen LogP contribution is 2.43. The summed E-state index contributed by atoms with van der Waals surface area (Å²) in [5.74, 6) is 0.282. The SMILES string of the molecule is CC(C)(C)c1ccc(Oc2cccc(COc3ccccc3CCC(=O)OCCCOP(=O)(O)OC[C@H](N)C(=O)O)c2)cc1. The molecule has 1 unspecified atom stereocenters. The van der Waals surface area contributed by atoms with E-state index in [-0.39, 0.29) is 31.5 Å². The second-order valence-electron chi connectivity index (χ2n) is 11.0. The lowest BCUT2D eigenvalue weighted by molar-refractivity contribution is -0.143. The monoisotopic (exact) mass is 629 g/mol. The lowest BCUT2D eigenvalue weighted by atomic mass is 9.87. The summed E-state index contributed by atoms with van der Waals surface area (Å²) in [6.45, 7) is 5.85. The highest BCUT2D eigenvalue weighted by molar-refractivity contribution is 7.47. The Morgan fingerprint density at radius 1 is 0.932 bits per heavy atom. The third kappa shape index (κ3) is 12.1. The molecule has 0 bridgehead atoms. The number of hydrogen-bond donors (Lipinski definition) is 3. The fourth-order valence-electron chi connectivity index (χ4n) is 3.89. The van der Waals surface area contributed by atoms with Crippen LogP contribution in [0.3, 0.4) is 0 Å². The number of para-hydroxylation sites is 1. The summed E-state index contributed by atoms with van der Waals surface area (Å²) in [7, 11) is -4.47. The zero-order valence-electron chi connectivity index (χ0n) is 25.1.